The lowest BCUT2D eigenvalue weighted by atomic mass is 10.1. The molecular weight excluding hydrogens is 246 g/mol. The molecule has 0 atom stereocenters. The highest BCUT2D eigenvalue weighted by Crippen LogP contribution is 2.31. The minimum atomic E-state index is -0.331. The van der Waals surface area contributed by atoms with Gasteiger partial charge in [0.25, 0.3) is 11.1 Å². The second kappa shape index (κ2) is 4.31. The number of nitrogens with one attached hydrogen (secondary N) is 1. The fraction of sp³-hybridized carbons (Fsp3) is 0.0909. The molecule has 1 aromatic rings. The lowest BCUT2D eigenvalue weighted by Crippen LogP contribution is -2.18. The maximum atomic E-state index is 11.4. The first-order valence-corrected chi connectivity index (χ1v) is 5.77. The summed E-state index contributed by atoms with van der Waals surface area (Å²) in [7, 11) is 0. The average Bonchev–Trinajstić information content (AvgIpc) is 2.58. The van der Waals surface area contributed by atoms with Gasteiger partial charge in [-0.3, -0.25) is 14.9 Å². The predicted octanol–water partition coefficient (Wildman–Crippen LogP) is 3.05. The van der Waals surface area contributed by atoms with Crippen LogP contribution in [0.25, 0.3) is 5.57 Å². The number of amides is 2. The second-order valence-electron chi connectivity index (χ2n) is 3.30. The fourth-order valence-corrected chi connectivity index (χ4v) is 2.26. The van der Waals surface area contributed by atoms with Crippen molar-refractivity contribution in [3.63, 3.8) is 0 Å². The van der Waals surface area contributed by atoms with Gasteiger partial charge in [-0.05, 0) is 42.0 Å². The quantitative estimate of drug-likeness (QED) is 0.783. The monoisotopic (exact) mass is 253 g/mol. The lowest BCUT2D eigenvalue weighted by Gasteiger charge is -2.03. The predicted molar refractivity (Wildman–Crippen MR) is 65.2 cm³/mol. The maximum absolute atomic E-state index is 11.4. The molecule has 1 fully saturated rings. The Kier molecular flexibility index (Phi) is 3.03. The van der Waals surface area contributed by atoms with E-state index in [1.807, 2.05) is 19.1 Å². The van der Waals surface area contributed by atoms with Gasteiger partial charge in [-0.15, -0.1) is 0 Å². The van der Waals surface area contributed by atoms with E-state index >= 15 is 0 Å². The van der Waals surface area contributed by atoms with Crippen LogP contribution in [0.15, 0.2) is 29.2 Å². The van der Waals surface area contributed by atoms with Crippen molar-refractivity contribution in [2.45, 2.75) is 6.92 Å². The highest BCUT2D eigenvalue weighted by molar-refractivity contribution is 8.18. The number of hydrogen-bond acceptors (Lipinski definition) is 3. The summed E-state index contributed by atoms with van der Waals surface area (Å²) in [6.45, 7) is 1.81. The van der Waals surface area contributed by atoms with Crippen LogP contribution in [0, 0.1) is 0 Å². The van der Waals surface area contributed by atoms with Crippen molar-refractivity contribution in [1.82, 2.24) is 5.32 Å². The zero-order valence-corrected chi connectivity index (χ0v) is 9.98. The summed E-state index contributed by atoms with van der Waals surface area (Å²) in [5.74, 6) is -0.331. The molecule has 16 heavy (non-hydrogen) atoms. The Balaban J connectivity index is 2.41. The number of imide groups is 1. The number of allylic oxidation sites excluding steroid dienone is 1. The third-order valence-electron chi connectivity index (χ3n) is 2.23. The molecule has 3 nitrogen and oxygen atoms in total. The zero-order chi connectivity index (χ0) is 11.7. The van der Waals surface area contributed by atoms with E-state index in [0.29, 0.717) is 9.93 Å². The first-order chi connectivity index (χ1) is 7.58. The molecule has 1 saturated heterocycles. The Hall–Kier alpha value is -1.26. The summed E-state index contributed by atoms with van der Waals surface area (Å²) in [6.07, 6.45) is 0. The largest absolute Gasteiger partial charge is 0.290 e. The van der Waals surface area contributed by atoms with E-state index in [1.54, 1.807) is 12.1 Å². The summed E-state index contributed by atoms with van der Waals surface area (Å²) < 4.78 is 0. The third kappa shape index (κ3) is 2.13. The van der Waals surface area contributed by atoms with Crippen molar-refractivity contribution in [3.8, 4) is 0 Å². The Bertz CT molecular complexity index is 493. The first kappa shape index (κ1) is 11.2. The third-order valence-corrected chi connectivity index (χ3v) is 3.47. The Morgan fingerprint density at radius 2 is 1.88 bits per heavy atom. The standard InChI is InChI=1S/C11H8ClNO2S/c1-6(7-2-4-8(12)5-3-7)9-10(14)13-11(15)16-9/h2-5H,1H3,(H,13,14,15)/b9-6+. The fourth-order valence-electron chi connectivity index (χ4n) is 1.39. The van der Waals surface area contributed by atoms with Crippen LogP contribution in [0.5, 0.6) is 0 Å². The van der Waals surface area contributed by atoms with Gasteiger partial charge in [-0.2, -0.15) is 0 Å². The number of carbonyl (C=O) groups excluding carboxylic acids is 2. The van der Waals surface area contributed by atoms with Gasteiger partial charge in [0, 0.05) is 5.02 Å². The molecule has 1 aromatic carbocycles. The number of thioether (sulfide) groups is 1. The molecule has 1 N–H and O–H groups in total. The van der Waals surface area contributed by atoms with E-state index in [4.69, 9.17) is 11.6 Å². The second-order valence-corrected chi connectivity index (χ2v) is 4.72. The summed E-state index contributed by atoms with van der Waals surface area (Å²) in [6, 6.07) is 7.14. The zero-order valence-electron chi connectivity index (χ0n) is 8.41. The molecule has 0 unspecified atom stereocenters. The summed E-state index contributed by atoms with van der Waals surface area (Å²) >= 11 is 6.70. The highest BCUT2D eigenvalue weighted by Gasteiger charge is 2.27. The normalized spacial score (nSPS) is 18.6. The average molecular weight is 254 g/mol. The molecule has 2 rings (SSSR count). The van der Waals surface area contributed by atoms with Crippen molar-refractivity contribution in [2.24, 2.45) is 0 Å². The topological polar surface area (TPSA) is 46.2 Å². The molecule has 1 heterocycles. The highest BCUT2D eigenvalue weighted by atomic mass is 35.5. The SMILES string of the molecule is C/C(=C1\SC(=O)NC1=O)c1ccc(Cl)cc1. The number of halogens is 1. The Morgan fingerprint density at radius 1 is 1.25 bits per heavy atom. The van der Waals surface area contributed by atoms with Crippen LogP contribution in [0.4, 0.5) is 4.79 Å². The van der Waals surface area contributed by atoms with Crippen LogP contribution in [-0.2, 0) is 4.79 Å². The van der Waals surface area contributed by atoms with E-state index in [1.165, 1.54) is 0 Å². The van der Waals surface area contributed by atoms with Gasteiger partial charge in [-0.25, -0.2) is 0 Å². The molecule has 0 saturated carbocycles. The molecule has 1 aliphatic heterocycles. The van der Waals surface area contributed by atoms with Crippen LogP contribution in [0.3, 0.4) is 0 Å². The molecule has 0 aliphatic carbocycles. The molecule has 0 radical (unpaired) electrons. The Labute approximate surface area is 102 Å². The molecular formula is C11H8ClNO2S. The van der Waals surface area contributed by atoms with Gasteiger partial charge in [0.1, 0.15) is 0 Å². The number of benzene rings is 1. The smallest absolute Gasteiger partial charge is 0.282 e. The van der Waals surface area contributed by atoms with Crippen LogP contribution in [-0.4, -0.2) is 11.1 Å². The minimum Gasteiger partial charge on any atom is -0.282 e. The molecule has 1 aliphatic rings. The van der Waals surface area contributed by atoms with Crippen molar-refractivity contribution < 1.29 is 9.59 Å². The van der Waals surface area contributed by atoms with E-state index in [0.717, 1.165) is 22.9 Å². The van der Waals surface area contributed by atoms with E-state index in [2.05, 4.69) is 5.32 Å². The van der Waals surface area contributed by atoms with Crippen molar-refractivity contribution in [1.29, 1.82) is 0 Å². The van der Waals surface area contributed by atoms with Gasteiger partial charge in [0.2, 0.25) is 0 Å². The van der Waals surface area contributed by atoms with Crippen LogP contribution in [0.2, 0.25) is 5.02 Å². The number of carbonyl (C=O) groups is 2. The number of hydrogen-bond donors (Lipinski definition) is 1. The summed E-state index contributed by atoms with van der Waals surface area (Å²) in [5, 5.41) is 2.54. The minimum absolute atomic E-state index is 0.326. The number of rotatable bonds is 1. The molecule has 0 aromatic heterocycles. The lowest BCUT2D eigenvalue weighted by molar-refractivity contribution is -0.115. The van der Waals surface area contributed by atoms with Crippen molar-refractivity contribution in [3.05, 3.63) is 39.8 Å². The first-order valence-electron chi connectivity index (χ1n) is 4.58. The van der Waals surface area contributed by atoms with Gasteiger partial charge in [0.15, 0.2) is 0 Å². The molecule has 0 bridgehead atoms. The maximum Gasteiger partial charge on any atom is 0.290 e. The van der Waals surface area contributed by atoms with E-state index in [-0.39, 0.29) is 11.1 Å². The van der Waals surface area contributed by atoms with E-state index < -0.39 is 0 Å². The molecule has 82 valence electrons. The van der Waals surface area contributed by atoms with E-state index in [9.17, 15) is 9.59 Å². The van der Waals surface area contributed by atoms with Gasteiger partial charge < -0.3 is 0 Å². The Morgan fingerprint density at radius 3 is 2.38 bits per heavy atom. The summed E-state index contributed by atoms with van der Waals surface area (Å²) in [5.41, 5.74) is 1.67. The van der Waals surface area contributed by atoms with Crippen molar-refractivity contribution in [2.75, 3.05) is 0 Å². The van der Waals surface area contributed by atoms with Gasteiger partial charge in [-0.1, -0.05) is 23.7 Å². The van der Waals surface area contributed by atoms with Crippen LogP contribution in [0.1, 0.15) is 12.5 Å². The molecule has 2 amide bonds. The van der Waals surface area contributed by atoms with Crippen LogP contribution >= 0.6 is 23.4 Å². The molecule has 0 spiro atoms. The van der Waals surface area contributed by atoms with Crippen LogP contribution < -0.4 is 5.32 Å². The van der Waals surface area contributed by atoms with Gasteiger partial charge >= 0.3 is 0 Å². The molecule has 5 heteroatoms. The summed E-state index contributed by atoms with van der Waals surface area (Å²) in [4.78, 5) is 22.9. The van der Waals surface area contributed by atoms with Crippen molar-refractivity contribution >= 4 is 40.1 Å². The van der Waals surface area contributed by atoms with Gasteiger partial charge in [0.05, 0.1) is 4.91 Å².